The molecule has 1 aliphatic heterocycles. The monoisotopic (exact) mass is 543 g/mol. The number of aromatic nitrogens is 2. The van der Waals surface area contributed by atoms with Gasteiger partial charge in [-0.15, -0.1) is 0 Å². The van der Waals surface area contributed by atoms with Gasteiger partial charge in [0, 0.05) is 43.2 Å². The number of nitrogens with two attached hydrogens (primary N) is 1. The van der Waals surface area contributed by atoms with E-state index in [0.717, 1.165) is 18.2 Å². The standard InChI is InChI=1S/C26H24ClF2N5O4/c1-32(19-5-3-16(27)4-6-19)25(38)15(7-14-8-17(28)11-18(29)9-14)10-20(35)13-34-23-21(36)12-22(37)33(2)24(23)31-26(34)30/h3-6,8-9,11,15H,7,10,12-13H2,1-2H3,(H2,30,31). The van der Waals surface area contributed by atoms with Crippen LogP contribution in [0.5, 0.6) is 0 Å². The number of benzene rings is 2. The Bertz CT molecular complexity index is 1420. The topological polar surface area (TPSA) is 119 Å². The molecule has 0 saturated heterocycles. The number of imidazole rings is 1. The van der Waals surface area contributed by atoms with Crippen molar-refractivity contribution in [2.24, 2.45) is 5.92 Å². The molecular formula is C26H24ClF2N5O4. The molecule has 4 rings (SSSR count). The van der Waals surface area contributed by atoms with E-state index in [1.54, 1.807) is 24.3 Å². The molecule has 0 aliphatic carbocycles. The number of rotatable bonds is 8. The Morgan fingerprint density at radius 2 is 1.76 bits per heavy atom. The summed E-state index contributed by atoms with van der Waals surface area (Å²) in [5.41, 5.74) is 6.71. The van der Waals surface area contributed by atoms with Crippen molar-refractivity contribution in [3.05, 3.63) is 70.4 Å². The Morgan fingerprint density at radius 3 is 2.39 bits per heavy atom. The number of amides is 2. The normalized spacial score (nSPS) is 13.9. The predicted molar refractivity (Wildman–Crippen MR) is 137 cm³/mol. The molecule has 3 aromatic rings. The first-order valence-corrected chi connectivity index (χ1v) is 12.0. The third kappa shape index (κ3) is 5.57. The van der Waals surface area contributed by atoms with Crippen LogP contribution < -0.4 is 15.5 Å². The first-order chi connectivity index (χ1) is 17.9. The van der Waals surface area contributed by atoms with Crippen molar-refractivity contribution >= 4 is 52.4 Å². The zero-order valence-corrected chi connectivity index (χ0v) is 21.3. The van der Waals surface area contributed by atoms with Crippen LogP contribution in [-0.4, -0.2) is 47.0 Å². The van der Waals surface area contributed by atoms with Crippen molar-refractivity contribution in [2.45, 2.75) is 25.8 Å². The van der Waals surface area contributed by atoms with Crippen LogP contribution in [0.25, 0.3) is 0 Å². The van der Waals surface area contributed by atoms with Gasteiger partial charge in [0.25, 0.3) is 0 Å². The van der Waals surface area contributed by atoms with Crippen LogP contribution in [0.15, 0.2) is 42.5 Å². The molecule has 2 aromatic carbocycles. The quantitative estimate of drug-likeness (QED) is 0.435. The van der Waals surface area contributed by atoms with Crippen molar-refractivity contribution in [3.63, 3.8) is 0 Å². The van der Waals surface area contributed by atoms with Crippen LogP contribution >= 0.6 is 11.6 Å². The second-order valence-corrected chi connectivity index (χ2v) is 9.51. The van der Waals surface area contributed by atoms with Gasteiger partial charge in [0.05, 0.1) is 13.0 Å². The third-order valence-electron chi connectivity index (χ3n) is 6.35. The maximum Gasteiger partial charge on any atom is 0.235 e. The highest BCUT2D eigenvalue weighted by atomic mass is 35.5. The largest absolute Gasteiger partial charge is 0.369 e. The minimum Gasteiger partial charge on any atom is -0.369 e. The molecule has 1 aliphatic rings. The number of hydrogen-bond donors (Lipinski definition) is 1. The van der Waals surface area contributed by atoms with Gasteiger partial charge in [0.1, 0.15) is 17.3 Å². The SMILES string of the molecule is CN(C(=O)C(CC(=O)Cn1c(N)nc2c1C(=O)CC(=O)N2C)Cc1cc(F)cc(F)c1)c1ccc(Cl)cc1. The lowest BCUT2D eigenvalue weighted by molar-refractivity contribution is -0.127. The van der Waals surface area contributed by atoms with E-state index in [-0.39, 0.29) is 48.8 Å². The van der Waals surface area contributed by atoms with Crippen molar-refractivity contribution in [1.82, 2.24) is 9.55 Å². The summed E-state index contributed by atoms with van der Waals surface area (Å²) in [4.78, 5) is 57.8. The average Bonchev–Trinajstić information content (AvgIpc) is 3.17. The molecule has 0 radical (unpaired) electrons. The van der Waals surface area contributed by atoms with E-state index in [1.165, 1.54) is 28.5 Å². The number of ketones is 2. The Morgan fingerprint density at radius 1 is 1.13 bits per heavy atom. The molecule has 2 N–H and O–H groups in total. The fraction of sp³-hybridized carbons (Fsp3) is 0.269. The lowest BCUT2D eigenvalue weighted by atomic mass is 9.92. The zero-order chi connectivity index (χ0) is 27.7. The zero-order valence-electron chi connectivity index (χ0n) is 20.6. The molecule has 198 valence electrons. The second-order valence-electron chi connectivity index (χ2n) is 9.08. The fourth-order valence-electron chi connectivity index (χ4n) is 4.43. The molecule has 0 bridgehead atoms. The van der Waals surface area contributed by atoms with E-state index in [9.17, 15) is 28.0 Å². The summed E-state index contributed by atoms with van der Waals surface area (Å²) in [6, 6.07) is 9.39. The summed E-state index contributed by atoms with van der Waals surface area (Å²) >= 11 is 5.94. The molecule has 2 heterocycles. The van der Waals surface area contributed by atoms with Gasteiger partial charge in [-0.1, -0.05) is 11.6 Å². The molecular weight excluding hydrogens is 520 g/mol. The van der Waals surface area contributed by atoms with Crippen molar-refractivity contribution in [1.29, 1.82) is 0 Å². The Kier molecular flexibility index (Phi) is 7.58. The lowest BCUT2D eigenvalue weighted by Crippen LogP contribution is -2.36. The molecule has 0 saturated carbocycles. The number of carbonyl (C=O) groups excluding carboxylic acids is 4. The van der Waals surface area contributed by atoms with Gasteiger partial charge in [0.2, 0.25) is 17.8 Å². The van der Waals surface area contributed by atoms with Gasteiger partial charge in [-0.05, 0) is 48.4 Å². The minimum atomic E-state index is -0.995. The van der Waals surface area contributed by atoms with Crippen LogP contribution in [0.2, 0.25) is 5.02 Å². The first kappa shape index (κ1) is 26.9. The van der Waals surface area contributed by atoms with Gasteiger partial charge in [-0.25, -0.2) is 8.78 Å². The van der Waals surface area contributed by atoms with Crippen molar-refractivity contribution < 1.29 is 28.0 Å². The maximum atomic E-state index is 13.9. The summed E-state index contributed by atoms with van der Waals surface area (Å²) in [6.07, 6.45) is -0.823. The summed E-state index contributed by atoms with van der Waals surface area (Å²) in [5, 5.41) is 0.472. The summed E-state index contributed by atoms with van der Waals surface area (Å²) < 4.78 is 28.9. The summed E-state index contributed by atoms with van der Waals surface area (Å²) in [7, 11) is 2.97. The van der Waals surface area contributed by atoms with Gasteiger partial charge in [-0.3, -0.25) is 28.6 Å². The van der Waals surface area contributed by atoms with Crippen molar-refractivity contribution in [2.75, 3.05) is 29.6 Å². The Balaban J connectivity index is 1.61. The lowest BCUT2D eigenvalue weighted by Gasteiger charge is -2.24. The van der Waals surface area contributed by atoms with Crippen LogP contribution in [0, 0.1) is 17.6 Å². The van der Waals surface area contributed by atoms with Crippen LogP contribution in [0.4, 0.5) is 26.2 Å². The highest BCUT2D eigenvalue weighted by molar-refractivity contribution is 6.30. The van der Waals surface area contributed by atoms with Crippen LogP contribution in [0.1, 0.15) is 28.9 Å². The predicted octanol–water partition coefficient (Wildman–Crippen LogP) is 3.43. The molecule has 1 aromatic heterocycles. The number of carbonyl (C=O) groups is 4. The van der Waals surface area contributed by atoms with Gasteiger partial charge >= 0.3 is 0 Å². The molecule has 0 spiro atoms. The number of halogens is 3. The second kappa shape index (κ2) is 10.7. The van der Waals surface area contributed by atoms with Gasteiger partial charge in [-0.2, -0.15) is 4.98 Å². The number of hydrogen-bond acceptors (Lipinski definition) is 6. The molecule has 1 unspecified atom stereocenters. The van der Waals surface area contributed by atoms with Gasteiger partial charge in [0.15, 0.2) is 17.4 Å². The average molecular weight is 544 g/mol. The summed E-state index contributed by atoms with van der Waals surface area (Å²) in [5.74, 6) is -4.59. The van der Waals surface area contributed by atoms with E-state index >= 15 is 0 Å². The first-order valence-electron chi connectivity index (χ1n) is 11.6. The number of nitrogen functional groups attached to an aromatic ring is 1. The highest BCUT2D eigenvalue weighted by Gasteiger charge is 2.35. The fourth-order valence-corrected chi connectivity index (χ4v) is 4.55. The van der Waals surface area contributed by atoms with E-state index in [0.29, 0.717) is 10.7 Å². The molecule has 38 heavy (non-hydrogen) atoms. The third-order valence-corrected chi connectivity index (χ3v) is 6.61. The van der Waals surface area contributed by atoms with E-state index in [2.05, 4.69) is 4.98 Å². The van der Waals surface area contributed by atoms with Crippen molar-refractivity contribution in [3.8, 4) is 0 Å². The molecule has 0 fully saturated rings. The Hall–Kier alpha value is -4.12. The molecule has 9 nitrogen and oxygen atoms in total. The molecule has 2 amide bonds. The summed E-state index contributed by atoms with van der Waals surface area (Å²) in [6.45, 7) is -0.381. The highest BCUT2D eigenvalue weighted by Crippen LogP contribution is 2.29. The van der Waals surface area contributed by atoms with Crippen LogP contribution in [-0.2, 0) is 27.3 Å². The number of Topliss-reactive ketones (excluding diaryl/α,β-unsaturated/α-hetero) is 2. The van der Waals surface area contributed by atoms with Gasteiger partial charge < -0.3 is 10.6 Å². The number of nitrogens with zero attached hydrogens (tertiary/aromatic N) is 4. The van der Waals surface area contributed by atoms with E-state index in [1.807, 2.05) is 0 Å². The smallest absolute Gasteiger partial charge is 0.235 e. The minimum absolute atomic E-state index is 0.0336. The Labute approximate surface area is 221 Å². The maximum absolute atomic E-state index is 13.9. The number of fused-ring (bicyclic) bond motifs is 1. The molecule has 12 heteroatoms. The molecule has 1 atom stereocenters. The van der Waals surface area contributed by atoms with E-state index < -0.39 is 40.9 Å². The number of anilines is 3. The van der Waals surface area contributed by atoms with E-state index in [4.69, 9.17) is 17.3 Å². The van der Waals surface area contributed by atoms with Crippen LogP contribution in [0.3, 0.4) is 0 Å².